The largest absolute Gasteiger partial charge is 0.496 e. The Bertz CT molecular complexity index is 568. The van der Waals surface area contributed by atoms with Gasteiger partial charge in [0.15, 0.2) is 0 Å². The smallest absolute Gasteiger partial charge is 0.133 e. The van der Waals surface area contributed by atoms with Crippen LogP contribution in [0.25, 0.3) is 0 Å². The van der Waals surface area contributed by atoms with Crippen molar-refractivity contribution in [3.8, 4) is 5.75 Å². The lowest BCUT2D eigenvalue weighted by Crippen LogP contribution is -2.17. The third kappa shape index (κ3) is 4.86. The fraction of sp³-hybridized carbons (Fsp3) is 0.438. The third-order valence-electron chi connectivity index (χ3n) is 3.25. The Morgan fingerprint density at radius 2 is 2.19 bits per heavy atom. The molecule has 0 aliphatic carbocycles. The Hall–Kier alpha value is -1.33. The van der Waals surface area contributed by atoms with E-state index in [1.807, 2.05) is 12.4 Å². The maximum absolute atomic E-state index is 5.25. The summed E-state index contributed by atoms with van der Waals surface area (Å²) in [7, 11) is 1.68. The van der Waals surface area contributed by atoms with Crippen molar-refractivity contribution in [2.75, 3.05) is 20.2 Å². The summed E-state index contributed by atoms with van der Waals surface area (Å²) in [6.45, 7) is 5.05. The van der Waals surface area contributed by atoms with E-state index in [0.717, 1.165) is 42.0 Å². The number of nitrogens with zero attached hydrogens (tertiary/aromatic N) is 2. The average molecular weight is 352 g/mol. The molecule has 0 radical (unpaired) electrons. The number of aromatic nitrogens is 2. The topological polar surface area (TPSA) is 39.1 Å². The highest BCUT2D eigenvalue weighted by molar-refractivity contribution is 9.10. The number of rotatable bonds is 8. The lowest BCUT2D eigenvalue weighted by Gasteiger charge is -2.07. The normalized spacial score (nSPS) is 10.8. The number of imidazole rings is 1. The van der Waals surface area contributed by atoms with Crippen LogP contribution in [0.15, 0.2) is 35.2 Å². The van der Waals surface area contributed by atoms with E-state index in [9.17, 15) is 0 Å². The molecule has 5 heteroatoms. The van der Waals surface area contributed by atoms with Crippen LogP contribution in [0, 0.1) is 0 Å². The van der Waals surface area contributed by atoms with Crippen LogP contribution in [-0.2, 0) is 13.0 Å². The molecule has 0 aliphatic heterocycles. The van der Waals surface area contributed by atoms with Gasteiger partial charge in [-0.25, -0.2) is 4.98 Å². The quantitative estimate of drug-likeness (QED) is 0.742. The molecule has 21 heavy (non-hydrogen) atoms. The Balaban J connectivity index is 1.91. The molecule has 1 heterocycles. The molecule has 1 N–H and O–H groups in total. The number of benzene rings is 1. The first-order chi connectivity index (χ1) is 10.2. The van der Waals surface area contributed by atoms with Gasteiger partial charge in [0.05, 0.1) is 23.6 Å². The SMILES string of the molecule is CCCNCCc1cn(Cc2ccc(OC)c(Br)c2)cn1. The van der Waals surface area contributed by atoms with Crippen molar-refractivity contribution in [3.63, 3.8) is 0 Å². The van der Waals surface area contributed by atoms with Crippen molar-refractivity contribution in [2.45, 2.75) is 26.3 Å². The number of ether oxygens (including phenoxy) is 1. The summed E-state index contributed by atoms with van der Waals surface area (Å²) in [6, 6.07) is 6.14. The van der Waals surface area contributed by atoms with Crippen molar-refractivity contribution < 1.29 is 4.74 Å². The zero-order chi connectivity index (χ0) is 15.1. The lowest BCUT2D eigenvalue weighted by atomic mass is 10.2. The van der Waals surface area contributed by atoms with Gasteiger partial charge in [-0.05, 0) is 46.6 Å². The van der Waals surface area contributed by atoms with Crippen LogP contribution in [0.5, 0.6) is 5.75 Å². The zero-order valence-electron chi connectivity index (χ0n) is 12.6. The van der Waals surface area contributed by atoms with Crippen molar-refractivity contribution in [1.29, 1.82) is 0 Å². The summed E-state index contributed by atoms with van der Waals surface area (Å²) in [5.74, 6) is 0.854. The molecule has 1 aromatic heterocycles. The van der Waals surface area contributed by atoms with Crippen LogP contribution < -0.4 is 10.1 Å². The van der Waals surface area contributed by atoms with Crippen molar-refractivity contribution in [2.24, 2.45) is 0 Å². The maximum Gasteiger partial charge on any atom is 0.133 e. The molecule has 4 nitrogen and oxygen atoms in total. The van der Waals surface area contributed by atoms with Gasteiger partial charge in [0.25, 0.3) is 0 Å². The van der Waals surface area contributed by atoms with Gasteiger partial charge >= 0.3 is 0 Å². The highest BCUT2D eigenvalue weighted by atomic mass is 79.9. The number of halogens is 1. The van der Waals surface area contributed by atoms with E-state index < -0.39 is 0 Å². The highest BCUT2D eigenvalue weighted by Gasteiger charge is 2.03. The molecule has 0 atom stereocenters. The molecular weight excluding hydrogens is 330 g/mol. The van der Waals surface area contributed by atoms with Crippen molar-refractivity contribution >= 4 is 15.9 Å². The summed E-state index contributed by atoms with van der Waals surface area (Å²) < 4.78 is 8.34. The van der Waals surface area contributed by atoms with E-state index in [2.05, 4.69) is 56.1 Å². The van der Waals surface area contributed by atoms with Crippen LogP contribution in [0.1, 0.15) is 24.6 Å². The summed E-state index contributed by atoms with van der Waals surface area (Å²) in [4.78, 5) is 4.45. The third-order valence-corrected chi connectivity index (χ3v) is 3.87. The Morgan fingerprint density at radius 1 is 1.33 bits per heavy atom. The molecule has 1 aromatic carbocycles. The van der Waals surface area contributed by atoms with Gasteiger partial charge in [0.2, 0.25) is 0 Å². The van der Waals surface area contributed by atoms with E-state index in [4.69, 9.17) is 4.74 Å². The minimum atomic E-state index is 0.817. The highest BCUT2D eigenvalue weighted by Crippen LogP contribution is 2.25. The van der Waals surface area contributed by atoms with Gasteiger partial charge < -0.3 is 14.6 Å². The Morgan fingerprint density at radius 3 is 2.90 bits per heavy atom. The summed E-state index contributed by atoms with van der Waals surface area (Å²) in [5, 5.41) is 3.39. The van der Waals surface area contributed by atoms with E-state index in [0.29, 0.717) is 0 Å². The maximum atomic E-state index is 5.25. The molecule has 2 aromatic rings. The number of hydrogen-bond acceptors (Lipinski definition) is 3. The Kier molecular flexibility index (Phi) is 6.26. The van der Waals surface area contributed by atoms with Crippen molar-refractivity contribution in [3.05, 3.63) is 46.5 Å². The lowest BCUT2D eigenvalue weighted by molar-refractivity contribution is 0.412. The molecule has 0 spiro atoms. The van der Waals surface area contributed by atoms with E-state index in [-0.39, 0.29) is 0 Å². The van der Waals surface area contributed by atoms with Crippen LogP contribution in [0.4, 0.5) is 0 Å². The van der Waals surface area contributed by atoms with Crippen LogP contribution in [0.3, 0.4) is 0 Å². The van der Waals surface area contributed by atoms with Gasteiger partial charge in [-0.1, -0.05) is 13.0 Å². The predicted molar refractivity (Wildman–Crippen MR) is 88.9 cm³/mol. The molecule has 0 saturated heterocycles. The second-order valence-corrected chi connectivity index (χ2v) is 5.86. The van der Waals surface area contributed by atoms with Gasteiger partial charge in [0.1, 0.15) is 5.75 Å². The van der Waals surface area contributed by atoms with Gasteiger partial charge in [-0.3, -0.25) is 0 Å². The van der Waals surface area contributed by atoms with Crippen LogP contribution >= 0.6 is 15.9 Å². The number of nitrogens with one attached hydrogen (secondary N) is 1. The van der Waals surface area contributed by atoms with Gasteiger partial charge in [-0.15, -0.1) is 0 Å². The van der Waals surface area contributed by atoms with Gasteiger partial charge in [0, 0.05) is 25.7 Å². The average Bonchev–Trinajstić information content (AvgIpc) is 2.91. The molecule has 114 valence electrons. The summed E-state index contributed by atoms with van der Waals surface area (Å²) >= 11 is 3.52. The second-order valence-electron chi connectivity index (χ2n) is 5.01. The zero-order valence-corrected chi connectivity index (χ0v) is 14.2. The minimum absolute atomic E-state index is 0.817. The molecule has 0 aliphatic rings. The first kappa shape index (κ1) is 16.0. The molecule has 2 rings (SSSR count). The minimum Gasteiger partial charge on any atom is -0.496 e. The fourth-order valence-electron chi connectivity index (χ4n) is 2.16. The van der Waals surface area contributed by atoms with Crippen LogP contribution in [0.2, 0.25) is 0 Å². The number of methoxy groups -OCH3 is 1. The molecule has 0 saturated carbocycles. The van der Waals surface area contributed by atoms with E-state index in [1.165, 1.54) is 12.0 Å². The fourth-order valence-corrected chi connectivity index (χ4v) is 2.75. The first-order valence-corrected chi connectivity index (χ1v) is 8.06. The summed E-state index contributed by atoms with van der Waals surface area (Å²) in [5.41, 5.74) is 2.35. The monoisotopic (exact) mass is 351 g/mol. The standard InChI is InChI=1S/C16H22BrN3O/c1-3-7-18-8-6-14-11-20(12-19-14)10-13-4-5-16(21-2)15(17)9-13/h4-5,9,11-12,18H,3,6-8,10H2,1-2H3. The summed E-state index contributed by atoms with van der Waals surface area (Å²) in [6.07, 6.45) is 6.15. The molecule has 0 unspecified atom stereocenters. The molecule has 0 fully saturated rings. The predicted octanol–water partition coefficient (Wildman–Crippen LogP) is 3.24. The Labute approximate surface area is 134 Å². The van der Waals surface area contributed by atoms with Crippen LogP contribution in [-0.4, -0.2) is 29.8 Å². The molecule has 0 bridgehead atoms. The van der Waals surface area contributed by atoms with E-state index >= 15 is 0 Å². The first-order valence-electron chi connectivity index (χ1n) is 7.26. The van der Waals surface area contributed by atoms with E-state index in [1.54, 1.807) is 7.11 Å². The van der Waals surface area contributed by atoms with Crippen molar-refractivity contribution in [1.82, 2.24) is 14.9 Å². The number of hydrogen-bond donors (Lipinski definition) is 1. The molecule has 0 amide bonds. The second kappa shape index (κ2) is 8.20. The van der Waals surface area contributed by atoms with Gasteiger partial charge in [-0.2, -0.15) is 0 Å². The molecular formula is C16H22BrN3O.